The molecule has 0 bridgehead atoms. The first kappa shape index (κ1) is 20.0. The molecule has 0 aromatic heterocycles. The van der Waals surface area contributed by atoms with Gasteiger partial charge in [-0.05, 0) is 61.2 Å². The summed E-state index contributed by atoms with van der Waals surface area (Å²) in [6, 6.07) is 0. The van der Waals surface area contributed by atoms with Crippen LogP contribution < -0.4 is 0 Å². The van der Waals surface area contributed by atoms with Gasteiger partial charge in [-0.3, -0.25) is 0 Å². The lowest BCUT2D eigenvalue weighted by molar-refractivity contribution is 0.0263. The van der Waals surface area contributed by atoms with Gasteiger partial charge in [-0.15, -0.1) is 0 Å². The Morgan fingerprint density at radius 3 is 1.18 bits per heavy atom. The molecule has 0 radical (unpaired) electrons. The lowest BCUT2D eigenvalue weighted by atomic mass is 9.75. The van der Waals surface area contributed by atoms with Gasteiger partial charge in [-0.1, -0.05) is 54.4 Å². The zero-order chi connectivity index (χ0) is 16.9. The average molecular weight is 313 g/mol. The molecule has 2 fully saturated rings. The molecule has 2 heteroatoms. The van der Waals surface area contributed by atoms with Gasteiger partial charge >= 0.3 is 0 Å². The quantitative estimate of drug-likeness (QED) is 0.763. The van der Waals surface area contributed by atoms with Crippen molar-refractivity contribution in [2.45, 2.75) is 92.3 Å². The molecular formula is C20H40O2. The van der Waals surface area contributed by atoms with Crippen LogP contribution in [0, 0.1) is 35.5 Å². The first-order valence-electron chi connectivity index (χ1n) is 9.58. The molecular weight excluding hydrogens is 272 g/mol. The molecule has 2 aliphatic rings. The van der Waals surface area contributed by atoms with Crippen LogP contribution in [0.15, 0.2) is 0 Å². The summed E-state index contributed by atoms with van der Waals surface area (Å²) in [5.74, 6) is 3.90. The van der Waals surface area contributed by atoms with Crippen molar-refractivity contribution in [1.29, 1.82) is 0 Å². The van der Waals surface area contributed by atoms with Gasteiger partial charge in [-0.2, -0.15) is 0 Å². The van der Waals surface area contributed by atoms with Crippen molar-refractivity contribution in [2.75, 3.05) is 0 Å². The van der Waals surface area contributed by atoms with E-state index < -0.39 is 0 Å². The Morgan fingerprint density at radius 1 is 0.636 bits per heavy atom. The number of aliphatic hydroxyl groups is 2. The molecule has 22 heavy (non-hydrogen) atoms. The van der Waals surface area contributed by atoms with Crippen molar-refractivity contribution in [1.82, 2.24) is 0 Å². The standard InChI is InChI=1S/2C10H20O/c2*1-7(2)9-5-4-8(3)6-10(9)11/h2*7-11H,4-6H2,1-3H3/t2*8-,9?,10-/m11/s1. The van der Waals surface area contributed by atoms with Gasteiger partial charge in [0.1, 0.15) is 0 Å². The Balaban J connectivity index is 0.000000220. The summed E-state index contributed by atoms with van der Waals surface area (Å²) in [7, 11) is 0. The maximum atomic E-state index is 9.71. The van der Waals surface area contributed by atoms with Crippen LogP contribution in [0.2, 0.25) is 0 Å². The zero-order valence-electron chi connectivity index (χ0n) is 15.8. The lowest BCUT2D eigenvalue weighted by Gasteiger charge is -2.33. The highest BCUT2D eigenvalue weighted by molar-refractivity contribution is 4.80. The molecule has 0 aliphatic heterocycles. The van der Waals surface area contributed by atoms with Gasteiger partial charge in [0.05, 0.1) is 12.2 Å². The third-order valence-corrected chi connectivity index (χ3v) is 5.97. The fourth-order valence-electron chi connectivity index (χ4n) is 4.30. The highest BCUT2D eigenvalue weighted by atomic mass is 16.3. The Morgan fingerprint density at radius 2 is 0.955 bits per heavy atom. The van der Waals surface area contributed by atoms with Crippen molar-refractivity contribution in [3.8, 4) is 0 Å². The molecule has 132 valence electrons. The Labute approximate surface area is 138 Å². The zero-order valence-corrected chi connectivity index (χ0v) is 15.8. The second kappa shape index (κ2) is 9.27. The minimum atomic E-state index is -0.0289. The molecule has 2 unspecified atom stereocenters. The summed E-state index contributed by atoms with van der Waals surface area (Å²) >= 11 is 0. The average Bonchev–Trinajstić information content (AvgIpc) is 2.38. The van der Waals surface area contributed by atoms with Crippen molar-refractivity contribution >= 4 is 0 Å². The topological polar surface area (TPSA) is 40.5 Å². The number of hydrogen-bond acceptors (Lipinski definition) is 2. The minimum Gasteiger partial charge on any atom is -0.393 e. The van der Waals surface area contributed by atoms with E-state index in [1.54, 1.807) is 0 Å². The van der Waals surface area contributed by atoms with Gasteiger partial charge in [-0.25, -0.2) is 0 Å². The normalized spacial score (nSPS) is 39.5. The number of rotatable bonds is 2. The summed E-state index contributed by atoms with van der Waals surface area (Å²) in [6.07, 6.45) is 7.03. The van der Waals surface area contributed by atoms with Crippen LogP contribution in [0.1, 0.15) is 80.1 Å². The van der Waals surface area contributed by atoms with Gasteiger partial charge in [0, 0.05) is 0 Å². The smallest absolute Gasteiger partial charge is 0.0573 e. The predicted molar refractivity (Wildman–Crippen MR) is 94.7 cm³/mol. The van der Waals surface area contributed by atoms with Crippen LogP contribution in [0.5, 0.6) is 0 Å². The van der Waals surface area contributed by atoms with E-state index in [0.717, 1.165) is 24.7 Å². The molecule has 2 aliphatic carbocycles. The molecule has 2 N–H and O–H groups in total. The molecule has 0 heterocycles. The summed E-state index contributed by atoms with van der Waals surface area (Å²) < 4.78 is 0. The van der Waals surface area contributed by atoms with Crippen LogP contribution in [-0.2, 0) is 0 Å². The second-order valence-electron chi connectivity index (χ2n) is 8.79. The maximum Gasteiger partial charge on any atom is 0.0573 e. The maximum absolute atomic E-state index is 9.71. The first-order valence-corrected chi connectivity index (χ1v) is 9.58. The van der Waals surface area contributed by atoms with Gasteiger partial charge in [0.25, 0.3) is 0 Å². The minimum absolute atomic E-state index is 0.0289. The van der Waals surface area contributed by atoms with Crippen molar-refractivity contribution in [3.63, 3.8) is 0 Å². The lowest BCUT2D eigenvalue weighted by Crippen LogP contribution is -2.31. The molecule has 6 atom stereocenters. The second-order valence-corrected chi connectivity index (χ2v) is 8.79. The molecule has 2 saturated carbocycles. The van der Waals surface area contributed by atoms with Gasteiger partial charge in [0.15, 0.2) is 0 Å². The summed E-state index contributed by atoms with van der Waals surface area (Å²) in [4.78, 5) is 0. The Kier molecular flexibility index (Phi) is 8.42. The summed E-state index contributed by atoms with van der Waals surface area (Å²) in [5, 5.41) is 19.4. The van der Waals surface area contributed by atoms with E-state index in [1.807, 2.05) is 0 Å². The van der Waals surface area contributed by atoms with Crippen LogP contribution in [0.4, 0.5) is 0 Å². The van der Waals surface area contributed by atoms with Crippen LogP contribution >= 0.6 is 0 Å². The largest absolute Gasteiger partial charge is 0.393 e. The molecule has 0 amide bonds. The monoisotopic (exact) mass is 312 g/mol. The molecule has 0 aromatic carbocycles. The summed E-state index contributed by atoms with van der Waals surface area (Å²) in [5.41, 5.74) is 0. The van der Waals surface area contributed by atoms with E-state index in [0.29, 0.717) is 23.7 Å². The van der Waals surface area contributed by atoms with Crippen LogP contribution in [-0.4, -0.2) is 22.4 Å². The van der Waals surface area contributed by atoms with E-state index in [-0.39, 0.29) is 12.2 Å². The van der Waals surface area contributed by atoms with E-state index in [2.05, 4.69) is 41.5 Å². The molecule has 0 saturated heterocycles. The molecule has 0 spiro atoms. The van der Waals surface area contributed by atoms with E-state index >= 15 is 0 Å². The highest BCUT2D eigenvalue weighted by Crippen LogP contribution is 2.33. The predicted octanol–water partition coefficient (Wildman–Crippen LogP) is 4.88. The molecule has 2 nitrogen and oxygen atoms in total. The molecule has 2 rings (SSSR count). The van der Waals surface area contributed by atoms with E-state index in [1.165, 1.54) is 25.7 Å². The van der Waals surface area contributed by atoms with Crippen LogP contribution in [0.25, 0.3) is 0 Å². The number of aliphatic hydroxyl groups excluding tert-OH is 2. The third-order valence-electron chi connectivity index (χ3n) is 5.97. The van der Waals surface area contributed by atoms with E-state index in [9.17, 15) is 10.2 Å². The van der Waals surface area contributed by atoms with Crippen molar-refractivity contribution in [2.24, 2.45) is 35.5 Å². The Bertz CT molecular complexity index is 270. The molecule has 0 aromatic rings. The third kappa shape index (κ3) is 6.20. The fourth-order valence-corrected chi connectivity index (χ4v) is 4.30. The number of hydrogen-bond donors (Lipinski definition) is 2. The van der Waals surface area contributed by atoms with Crippen LogP contribution in [0.3, 0.4) is 0 Å². The van der Waals surface area contributed by atoms with E-state index in [4.69, 9.17) is 0 Å². The van der Waals surface area contributed by atoms with Crippen molar-refractivity contribution < 1.29 is 10.2 Å². The van der Waals surface area contributed by atoms with Crippen molar-refractivity contribution in [3.05, 3.63) is 0 Å². The highest BCUT2D eigenvalue weighted by Gasteiger charge is 2.29. The fraction of sp³-hybridized carbons (Fsp3) is 1.00. The van der Waals surface area contributed by atoms with Gasteiger partial charge in [0.2, 0.25) is 0 Å². The SMILES string of the molecule is CC(C)C1CC[C@@H](C)C[C@H]1O.CC(C)C1CC[C@@H](C)C[C@H]1O. The summed E-state index contributed by atoms with van der Waals surface area (Å²) in [6.45, 7) is 13.3. The van der Waals surface area contributed by atoms with Gasteiger partial charge < -0.3 is 10.2 Å². The Hall–Kier alpha value is -0.0800. The first-order chi connectivity index (χ1) is 10.2.